The smallest absolute Gasteiger partial charge is 0.219 e. The standard InChI is InChI=1S/C13H10BrNO2/c14-9-12(16)10-4-3-5-11(8-10)17-13-6-1-2-7-15-13/h1-8H,9H2. The highest BCUT2D eigenvalue weighted by Crippen LogP contribution is 2.20. The molecule has 0 amide bonds. The average molecular weight is 292 g/mol. The van der Waals surface area contributed by atoms with Crippen LogP contribution in [-0.4, -0.2) is 16.1 Å². The number of hydrogen-bond donors (Lipinski definition) is 0. The summed E-state index contributed by atoms with van der Waals surface area (Å²) in [4.78, 5) is 15.6. The molecule has 0 atom stereocenters. The molecule has 0 bridgehead atoms. The summed E-state index contributed by atoms with van der Waals surface area (Å²) in [6.45, 7) is 0. The molecule has 4 heteroatoms. The van der Waals surface area contributed by atoms with E-state index >= 15 is 0 Å². The highest BCUT2D eigenvalue weighted by atomic mass is 79.9. The van der Waals surface area contributed by atoms with E-state index in [2.05, 4.69) is 20.9 Å². The van der Waals surface area contributed by atoms with Crippen LogP contribution < -0.4 is 4.74 Å². The van der Waals surface area contributed by atoms with Crippen molar-refractivity contribution < 1.29 is 9.53 Å². The van der Waals surface area contributed by atoms with E-state index in [0.29, 0.717) is 22.5 Å². The lowest BCUT2D eigenvalue weighted by molar-refractivity contribution is 0.102. The molecule has 17 heavy (non-hydrogen) atoms. The van der Waals surface area contributed by atoms with Gasteiger partial charge in [0.15, 0.2) is 5.78 Å². The molecule has 0 radical (unpaired) electrons. The predicted molar refractivity (Wildman–Crippen MR) is 68.9 cm³/mol. The Morgan fingerprint density at radius 3 is 2.82 bits per heavy atom. The minimum absolute atomic E-state index is 0.0245. The molecular formula is C13H10BrNO2. The van der Waals surface area contributed by atoms with Crippen LogP contribution >= 0.6 is 15.9 Å². The van der Waals surface area contributed by atoms with Crippen LogP contribution in [0, 0.1) is 0 Å². The Balaban J connectivity index is 2.20. The fourth-order valence-electron chi connectivity index (χ4n) is 1.34. The Morgan fingerprint density at radius 2 is 2.12 bits per heavy atom. The fraction of sp³-hybridized carbons (Fsp3) is 0.0769. The first kappa shape index (κ1) is 11.8. The molecule has 0 saturated heterocycles. The fourth-order valence-corrected chi connectivity index (χ4v) is 1.66. The van der Waals surface area contributed by atoms with Gasteiger partial charge in [0.1, 0.15) is 5.75 Å². The van der Waals surface area contributed by atoms with Crippen molar-refractivity contribution in [1.82, 2.24) is 4.98 Å². The zero-order chi connectivity index (χ0) is 12.1. The molecule has 0 saturated carbocycles. The van der Waals surface area contributed by atoms with Crippen molar-refractivity contribution in [3.8, 4) is 11.6 Å². The van der Waals surface area contributed by atoms with Gasteiger partial charge in [0.05, 0.1) is 5.33 Å². The van der Waals surface area contributed by atoms with Crippen LogP contribution in [0.1, 0.15) is 10.4 Å². The van der Waals surface area contributed by atoms with Crippen molar-refractivity contribution in [2.75, 3.05) is 5.33 Å². The first-order valence-electron chi connectivity index (χ1n) is 5.08. The molecule has 86 valence electrons. The Kier molecular flexibility index (Phi) is 3.88. The average Bonchev–Trinajstić information content (AvgIpc) is 2.39. The SMILES string of the molecule is O=C(CBr)c1cccc(Oc2ccccn2)c1. The van der Waals surface area contributed by atoms with E-state index in [-0.39, 0.29) is 5.78 Å². The molecule has 2 aromatic rings. The van der Waals surface area contributed by atoms with Crippen molar-refractivity contribution >= 4 is 21.7 Å². The van der Waals surface area contributed by atoms with Gasteiger partial charge in [0.25, 0.3) is 0 Å². The van der Waals surface area contributed by atoms with Gasteiger partial charge in [-0.2, -0.15) is 0 Å². The monoisotopic (exact) mass is 291 g/mol. The minimum atomic E-state index is 0.0245. The van der Waals surface area contributed by atoms with E-state index in [9.17, 15) is 4.79 Å². The number of pyridine rings is 1. The molecule has 0 aliphatic heterocycles. The summed E-state index contributed by atoms with van der Waals surface area (Å²) in [5.41, 5.74) is 0.621. The van der Waals surface area contributed by atoms with Gasteiger partial charge in [0.2, 0.25) is 5.88 Å². The second kappa shape index (κ2) is 5.59. The number of carbonyl (C=O) groups is 1. The first-order valence-corrected chi connectivity index (χ1v) is 6.20. The van der Waals surface area contributed by atoms with Gasteiger partial charge >= 0.3 is 0 Å². The Hall–Kier alpha value is -1.68. The lowest BCUT2D eigenvalue weighted by atomic mass is 10.1. The molecule has 0 N–H and O–H groups in total. The third kappa shape index (κ3) is 3.14. The molecule has 0 fully saturated rings. The molecule has 3 nitrogen and oxygen atoms in total. The van der Waals surface area contributed by atoms with Crippen LogP contribution in [0.5, 0.6) is 11.6 Å². The molecule has 2 rings (SSSR count). The van der Waals surface area contributed by atoms with Crippen LogP contribution in [0.25, 0.3) is 0 Å². The minimum Gasteiger partial charge on any atom is -0.439 e. The molecule has 0 unspecified atom stereocenters. The second-order valence-corrected chi connectivity index (χ2v) is 3.92. The van der Waals surface area contributed by atoms with Gasteiger partial charge in [-0.25, -0.2) is 4.98 Å². The van der Waals surface area contributed by atoms with Gasteiger partial charge in [-0.05, 0) is 18.2 Å². The van der Waals surface area contributed by atoms with Gasteiger partial charge < -0.3 is 4.74 Å². The molecule has 1 aromatic heterocycles. The third-order valence-electron chi connectivity index (χ3n) is 2.14. The van der Waals surface area contributed by atoms with Crippen molar-refractivity contribution in [1.29, 1.82) is 0 Å². The van der Waals surface area contributed by atoms with E-state index in [1.807, 2.05) is 12.1 Å². The quantitative estimate of drug-likeness (QED) is 0.640. The molecule has 0 aliphatic carbocycles. The molecule has 1 heterocycles. The van der Waals surface area contributed by atoms with Crippen molar-refractivity contribution in [2.45, 2.75) is 0 Å². The highest BCUT2D eigenvalue weighted by molar-refractivity contribution is 9.09. The number of Topliss-reactive ketones (excluding diaryl/α,β-unsaturated/α-hetero) is 1. The van der Waals surface area contributed by atoms with Gasteiger partial charge in [-0.1, -0.05) is 34.1 Å². The lowest BCUT2D eigenvalue weighted by Crippen LogP contribution is -1.99. The summed E-state index contributed by atoms with van der Waals surface area (Å²) in [5.74, 6) is 1.14. The number of carbonyl (C=O) groups excluding carboxylic acids is 1. The number of aromatic nitrogens is 1. The number of halogens is 1. The summed E-state index contributed by atoms with van der Waals surface area (Å²) in [5, 5.41) is 0.306. The zero-order valence-corrected chi connectivity index (χ0v) is 10.6. The van der Waals surface area contributed by atoms with E-state index in [1.165, 1.54) is 0 Å². The number of hydrogen-bond acceptors (Lipinski definition) is 3. The first-order chi connectivity index (χ1) is 8.29. The van der Waals surface area contributed by atoms with Gasteiger partial charge in [0, 0.05) is 17.8 Å². The van der Waals surface area contributed by atoms with E-state index in [1.54, 1.807) is 36.5 Å². The molecular weight excluding hydrogens is 282 g/mol. The summed E-state index contributed by atoms with van der Waals surface area (Å²) >= 11 is 3.14. The number of nitrogens with zero attached hydrogens (tertiary/aromatic N) is 1. The Labute approximate surface area is 108 Å². The van der Waals surface area contributed by atoms with E-state index < -0.39 is 0 Å². The highest BCUT2D eigenvalue weighted by Gasteiger charge is 2.05. The summed E-state index contributed by atoms with van der Waals surface area (Å²) < 4.78 is 5.54. The maximum Gasteiger partial charge on any atom is 0.219 e. The lowest BCUT2D eigenvalue weighted by Gasteiger charge is -2.05. The van der Waals surface area contributed by atoms with Crippen molar-refractivity contribution in [2.24, 2.45) is 0 Å². The van der Waals surface area contributed by atoms with E-state index in [4.69, 9.17) is 4.74 Å². The Morgan fingerprint density at radius 1 is 1.24 bits per heavy atom. The zero-order valence-electron chi connectivity index (χ0n) is 8.97. The number of alkyl halides is 1. The maximum absolute atomic E-state index is 11.5. The van der Waals surface area contributed by atoms with Gasteiger partial charge in [-0.15, -0.1) is 0 Å². The van der Waals surface area contributed by atoms with Crippen molar-refractivity contribution in [3.63, 3.8) is 0 Å². The van der Waals surface area contributed by atoms with Crippen LogP contribution in [0.4, 0.5) is 0 Å². The molecule has 0 aliphatic rings. The van der Waals surface area contributed by atoms with Crippen LogP contribution in [0.15, 0.2) is 48.7 Å². The number of ether oxygens (including phenoxy) is 1. The predicted octanol–water partition coefficient (Wildman–Crippen LogP) is 3.45. The second-order valence-electron chi connectivity index (χ2n) is 3.35. The van der Waals surface area contributed by atoms with Crippen LogP contribution in [0.2, 0.25) is 0 Å². The summed E-state index contributed by atoms with van der Waals surface area (Å²) in [6, 6.07) is 12.5. The molecule has 1 aromatic carbocycles. The largest absolute Gasteiger partial charge is 0.439 e. The normalized spacial score (nSPS) is 9.94. The van der Waals surface area contributed by atoms with Crippen molar-refractivity contribution in [3.05, 3.63) is 54.2 Å². The summed E-state index contributed by atoms with van der Waals surface area (Å²) in [6.07, 6.45) is 1.66. The van der Waals surface area contributed by atoms with Gasteiger partial charge in [-0.3, -0.25) is 4.79 Å². The maximum atomic E-state index is 11.5. The third-order valence-corrected chi connectivity index (χ3v) is 2.65. The van der Waals surface area contributed by atoms with Crippen LogP contribution in [-0.2, 0) is 0 Å². The Bertz CT molecular complexity index is 514. The number of rotatable bonds is 4. The van der Waals surface area contributed by atoms with E-state index in [0.717, 1.165) is 0 Å². The topological polar surface area (TPSA) is 39.2 Å². The summed E-state index contributed by atoms with van der Waals surface area (Å²) in [7, 11) is 0. The molecule has 0 spiro atoms. The number of ketones is 1. The van der Waals surface area contributed by atoms with Crippen LogP contribution in [0.3, 0.4) is 0 Å². The number of benzene rings is 1.